The van der Waals surface area contributed by atoms with Crippen molar-refractivity contribution in [3.63, 3.8) is 0 Å². The zero-order valence-electron chi connectivity index (χ0n) is 9.10. The number of aromatic carboxylic acids is 1. The first-order valence-corrected chi connectivity index (χ1v) is 4.95. The molecule has 5 heteroatoms. The zero-order valence-corrected chi connectivity index (χ0v) is 9.10. The Bertz CT molecular complexity index is 545. The Kier molecular flexibility index (Phi) is 2.52. The minimum atomic E-state index is -0.969. The molecular formula is C11H12N2O3. The Morgan fingerprint density at radius 2 is 2.38 bits per heavy atom. The van der Waals surface area contributed by atoms with E-state index in [1.54, 1.807) is 29.9 Å². The molecule has 1 N–H and O–H groups in total. The van der Waals surface area contributed by atoms with E-state index in [2.05, 4.69) is 4.98 Å². The summed E-state index contributed by atoms with van der Waals surface area (Å²) in [5.74, 6) is -0.314. The maximum Gasteiger partial charge on any atom is 0.352 e. The molecular weight excluding hydrogens is 208 g/mol. The van der Waals surface area contributed by atoms with Gasteiger partial charge in [0.1, 0.15) is 17.0 Å². The van der Waals surface area contributed by atoms with Crippen LogP contribution in [0.1, 0.15) is 17.4 Å². The summed E-state index contributed by atoms with van der Waals surface area (Å²) in [6, 6.07) is 3.28. The molecule has 0 fully saturated rings. The van der Waals surface area contributed by atoms with Crippen LogP contribution in [0.15, 0.2) is 18.3 Å². The standard InChI is InChI=1S/C11H12N2O3/c1-3-16-9-4-5-12-7-6-8(11(14)15)13(2)10(7)9/h4-6H,3H2,1-2H3,(H,14,15). The lowest BCUT2D eigenvalue weighted by atomic mass is 10.3. The normalized spacial score (nSPS) is 10.6. The minimum Gasteiger partial charge on any atom is -0.492 e. The van der Waals surface area contributed by atoms with Crippen molar-refractivity contribution >= 4 is 17.0 Å². The van der Waals surface area contributed by atoms with Crippen LogP contribution in [-0.2, 0) is 7.05 Å². The number of carboxylic acids is 1. The van der Waals surface area contributed by atoms with Gasteiger partial charge < -0.3 is 14.4 Å². The van der Waals surface area contributed by atoms with Gasteiger partial charge in [-0.05, 0) is 13.0 Å². The predicted molar refractivity (Wildman–Crippen MR) is 58.8 cm³/mol. The van der Waals surface area contributed by atoms with Crippen LogP contribution in [0.25, 0.3) is 11.0 Å². The smallest absolute Gasteiger partial charge is 0.352 e. The lowest BCUT2D eigenvalue weighted by Crippen LogP contribution is -2.04. The summed E-state index contributed by atoms with van der Waals surface area (Å²) in [5, 5.41) is 9.00. The lowest BCUT2D eigenvalue weighted by Gasteiger charge is -2.06. The molecule has 2 heterocycles. The third kappa shape index (κ3) is 1.50. The molecule has 2 aromatic rings. The molecule has 0 aliphatic rings. The van der Waals surface area contributed by atoms with Crippen molar-refractivity contribution in [2.75, 3.05) is 6.61 Å². The average molecular weight is 220 g/mol. The molecule has 0 atom stereocenters. The second-order valence-electron chi connectivity index (χ2n) is 3.37. The van der Waals surface area contributed by atoms with Gasteiger partial charge in [-0.25, -0.2) is 4.79 Å². The number of aromatic nitrogens is 2. The number of nitrogens with zero attached hydrogens (tertiary/aromatic N) is 2. The van der Waals surface area contributed by atoms with Crippen molar-refractivity contribution in [2.24, 2.45) is 7.05 Å². The highest BCUT2D eigenvalue weighted by Crippen LogP contribution is 2.26. The van der Waals surface area contributed by atoms with Gasteiger partial charge in [0.15, 0.2) is 0 Å². The number of carboxylic acid groups (broad SMARTS) is 1. The maximum absolute atomic E-state index is 11.0. The van der Waals surface area contributed by atoms with Crippen LogP contribution in [0.5, 0.6) is 5.75 Å². The molecule has 16 heavy (non-hydrogen) atoms. The van der Waals surface area contributed by atoms with E-state index in [0.717, 1.165) is 0 Å². The summed E-state index contributed by atoms with van der Waals surface area (Å²) >= 11 is 0. The molecule has 0 unspecified atom stereocenters. The summed E-state index contributed by atoms with van der Waals surface area (Å²) in [4.78, 5) is 15.1. The molecule has 0 saturated carbocycles. The topological polar surface area (TPSA) is 64.3 Å². The summed E-state index contributed by atoms with van der Waals surface area (Å²) < 4.78 is 7.02. The maximum atomic E-state index is 11.0. The zero-order chi connectivity index (χ0) is 11.7. The lowest BCUT2D eigenvalue weighted by molar-refractivity contribution is 0.0687. The molecule has 0 aliphatic carbocycles. The number of hydrogen-bond acceptors (Lipinski definition) is 3. The van der Waals surface area contributed by atoms with Crippen LogP contribution >= 0.6 is 0 Å². The van der Waals surface area contributed by atoms with Gasteiger partial charge >= 0.3 is 5.97 Å². The van der Waals surface area contributed by atoms with Crippen molar-refractivity contribution < 1.29 is 14.6 Å². The van der Waals surface area contributed by atoms with E-state index in [1.807, 2.05) is 6.92 Å². The SMILES string of the molecule is CCOc1ccnc2cc(C(=O)O)n(C)c12. The largest absolute Gasteiger partial charge is 0.492 e. The number of hydrogen-bond donors (Lipinski definition) is 1. The van der Waals surface area contributed by atoms with E-state index >= 15 is 0 Å². The number of ether oxygens (including phenoxy) is 1. The number of carbonyl (C=O) groups is 1. The highest BCUT2D eigenvalue weighted by atomic mass is 16.5. The molecule has 0 radical (unpaired) electrons. The first-order valence-electron chi connectivity index (χ1n) is 4.95. The van der Waals surface area contributed by atoms with Crippen LogP contribution in [0, 0.1) is 0 Å². The van der Waals surface area contributed by atoms with Gasteiger partial charge in [-0.2, -0.15) is 0 Å². The summed E-state index contributed by atoms with van der Waals surface area (Å²) in [5.41, 5.74) is 1.54. The van der Waals surface area contributed by atoms with Crippen molar-refractivity contribution in [3.05, 3.63) is 24.0 Å². The van der Waals surface area contributed by atoms with Gasteiger partial charge in [0.05, 0.1) is 12.1 Å². The van der Waals surface area contributed by atoms with E-state index in [4.69, 9.17) is 9.84 Å². The van der Waals surface area contributed by atoms with E-state index in [1.165, 1.54) is 0 Å². The van der Waals surface area contributed by atoms with Gasteiger partial charge in [0.25, 0.3) is 0 Å². The summed E-state index contributed by atoms with van der Waals surface area (Å²) in [7, 11) is 1.69. The molecule has 0 aliphatic heterocycles. The second kappa shape index (κ2) is 3.84. The van der Waals surface area contributed by atoms with Gasteiger partial charge in [-0.1, -0.05) is 0 Å². The van der Waals surface area contributed by atoms with E-state index in [9.17, 15) is 4.79 Å². The minimum absolute atomic E-state index is 0.203. The van der Waals surface area contributed by atoms with Crippen molar-refractivity contribution in [2.45, 2.75) is 6.92 Å². The van der Waals surface area contributed by atoms with Crippen molar-refractivity contribution in [3.8, 4) is 5.75 Å². The van der Waals surface area contributed by atoms with Gasteiger partial charge in [0.2, 0.25) is 0 Å². The second-order valence-corrected chi connectivity index (χ2v) is 3.37. The number of pyridine rings is 1. The van der Waals surface area contributed by atoms with Crippen LogP contribution in [0.4, 0.5) is 0 Å². The average Bonchev–Trinajstić information content (AvgIpc) is 2.58. The van der Waals surface area contributed by atoms with Gasteiger partial charge in [0, 0.05) is 19.3 Å². The highest BCUT2D eigenvalue weighted by Gasteiger charge is 2.15. The third-order valence-corrected chi connectivity index (χ3v) is 2.40. The van der Waals surface area contributed by atoms with Gasteiger partial charge in [-0.3, -0.25) is 4.98 Å². The Labute approximate surface area is 92.3 Å². The molecule has 0 bridgehead atoms. The molecule has 0 aromatic carbocycles. The van der Waals surface area contributed by atoms with E-state index in [0.29, 0.717) is 23.4 Å². The fourth-order valence-electron chi connectivity index (χ4n) is 1.72. The molecule has 0 saturated heterocycles. The van der Waals surface area contributed by atoms with Crippen LogP contribution < -0.4 is 4.74 Å². The third-order valence-electron chi connectivity index (χ3n) is 2.40. The Hall–Kier alpha value is -2.04. The molecule has 2 aromatic heterocycles. The van der Waals surface area contributed by atoms with E-state index < -0.39 is 5.97 Å². The number of aryl methyl sites for hydroxylation is 1. The predicted octanol–water partition coefficient (Wildman–Crippen LogP) is 1.67. The van der Waals surface area contributed by atoms with Crippen molar-refractivity contribution in [1.29, 1.82) is 0 Å². The number of rotatable bonds is 3. The molecule has 0 spiro atoms. The Balaban J connectivity index is 2.71. The van der Waals surface area contributed by atoms with Crippen LogP contribution in [0.2, 0.25) is 0 Å². The first kappa shape index (κ1) is 10.5. The Morgan fingerprint density at radius 3 is 3.00 bits per heavy atom. The monoisotopic (exact) mass is 220 g/mol. The fourth-order valence-corrected chi connectivity index (χ4v) is 1.72. The molecule has 0 amide bonds. The molecule has 84 valence electrons. The summed E-state index contributed by atoms with van der Waals surface area (Å²) in [6.45, 7) is 2.42. The highest BCUT2D eigenvalue weighted by molar-refractivity contribution is 5.95. The molecule has 2 rings (SSSR count). The molecule has 5 nitrogen and oxygen atoms in total. The van der Waals surface area contributed by atoms with Crippen molar-refractivity contribution in [1.82, 2.24) is 9.55 Å². The quantitative estimate of drug-likeness (QED) is 0.854. The Morgan fingerprint density at radius 1 is 1.62 bits per heavy atom. The van der Waals surface area contributed by atoms with Crippen LogP contribution in [-0.4, -0.2) is 27.2 Å². The first-order chi connectivity index (χ1) is 7.65. The van der Waals surface area contributed by atoms with Crippen LogP contribution in [0.3, 0.4) is 0 Å². The summed E-state index contributed by atoms with van der Waals surface area (Å²) in [6.07, 6.45) is 1.61. The fraction of sp³-hybridized carbons (Fsp3) is 0.273. The van der Waals surface area contributed by atoms with E-state index in [-0.39, 0.29) is 5.69 Å². The van der Waals surface area contributed by atoms with Gasteiger partial charge in [-0.15, -0.1) is 0 Å². The number of fused-ring (bicyclic) bond motifs is 1.